The molecule has 0 aliphatic rings. The van der Waals surface area contributed by atoms with Crippen molar-refractivity contribution in [3.63, 3.8) is 0 Å². The van der Waals surface area contributed by atoms with Crippen molar-refractivity contribution in [2.75, 3.05) is 0 Å². The third-order valence-corrected chi connectivity index (χ3v) is 2.29. The molecule has 0 fully saturated rings. The first-order valence-corrected chi connectivity index (χ1v) is 5.87. The number of nitrogens with zero attached hydrogens (tertiary/aromatic N) is 2. The van der Waals surface area contributed by atoms with Crippen molar-refractivity contribution < 1.29 is 0 Å². The third kappa shape index (κ3) is 2.96. The lowest BCUT2D eigenvalue weighted by atomic mass is 10.1. The second-order valence-corrected chi connectivity index (χ2v) is 3.71. The van der Waals surface area contributed by atoms with E-state index in [1.807, 2.05) is 42.9 Å². The smallest absolute Gasteiger partial charge is 0.0645 e. The van der Waals surface area contributed by atoms with Gasteiger partial charge in [0.2, 0.25) is 0 Å². The maximum atomic E-state index is 4.32. The zero-order chi connectivity index (χ0) is 12.0. The highest BCUT2D eigenvalue weighted by Crippen LogP contribution is 2.14. The molecule has 2 heteroatoms. The molecule has 2 aromatic rings. The Hall–Kier alpha value is -1.57. The van der Waals surface area contributed by atoms with Crippen LogP contribution in [0.15, 0.2) is 42.7 Å². The van der Waals surface area contributed by atoms with E-state index < -0.39 is 0 Å². The molecule has 0 aliphatic heterocycles. The first kappa shape index (κ1) is 12.5. The fraction of sp³-hybridized carbons (Fsp3) is 0.357. The quantitative estimate of drug-likeness (QED) is 0.741. The molecule has 0 unspecified atom stereocenters. The van der Waals surface area contributed by atoms with Crippen molar-refractivity contribution >= 4 is 0 Å². The molecule has 16 heavy (non-hydrogen) atoms. The first-order valence-electron chi connectivity index (χ1n) is 5.87. The zero-order valence-electron chi connectivity index (χ0n) is 10.5. The fourth-order valence-electron chi connectivity index (χ4n) is 1.36. The molecular formula is C14H20N2. The van der Waals surface area contributed by atoms with E-state index in [1.165, 1.54) is 5.56 Å². The molecule has 0 bridgehead atoms. The van der Waals surface area contributed by atoms with E-state index in [2.05, 4.69) is 37.3 Å². The van der Waals surface area contributed by atoms with Gasteiger partial charge in [-0.25, -0.2) is 4.68 Å². The zero-order valence-corrected chi connectivity index (χ0v) is 10.5. The van der Waals surface area contributed by atoms with Crippen molar-refractivity contribution in [3.8, 4) is 5.69 Å². The lowest BCUT2D eigenvalue weighted by Crippen LogP contribution is -1.92. The summed E-state index contributed by atoms with van der Waals surface area (Å²) in [6.45, 7) is 8.35. The second-order valence-electron chi connectivity index (χ2n) is 3.71. The van der Waals surface area contributed by atoms with Gasteiger partial charge in [0, 0.05) is 6.20 Å². The topological polar surface area (TPSA) is 17.8 Å². The summed E-state index contributed by atoms with van der Waals surface area (Å²) in [6.07, 6.45) is 4.01. The average Bonchev–Trinajstić information content (AvgIpc) is 2.82. The molecule has 2 rings (SSSR count). The van der Waals surface area contributed by atoms with Crippen molar-refractivity contribution in [2.24, 2.45) is 0 Å². The van der Waals surface area contributed by atoms with E-state index in [0.29, 0.717) is 5.92 Å². The van der Waals surface area contributed by atoms with E-state index in [0.717, 1.165) is 5.69 Å². The molecule has 0 spiro atoms. The van der Waals surface area contributed by atoms with Crippen LogP contribution in [0.1, 0.15) is 39.2 Å². The molecule has 86 valence electrons. The Morgan fingerprint density at radius 2 is 1.69 bits per heavy atom. The monoisotopic (exact) mass is 216 g/mol. The SMILES string of the molecule is CC.CC(C)c1cnn(-c2ccccc2)c1. The van der Waals surface area contributed by atoms with Crippen molar-refractivity contribution in [1.29, 1.82) is 0 Å². The van der Waals surface area contributed by atoms with Crippen LogP contribution in [0, 0.1) is 0 Å². The molecule has 2 nitrogen and oxygen atoms in total. The molecule has 1 heterocycles. The molecule has 0 N–H and O–H groups in total. The third-order valence-electron chi connectivity index (χ3n) is 2.29. The Morgan fingerprint density at radius 1 is 1.06 bits per heavy atom. The molecule has 0 saturated carbocycles. The number of hydrogen-bond donors (Lipinski definition) is 0. The Morgan fingerprint density at radius 3 is 2.19 bits per heavy atom. The van der Waals surface area contributed by atoms with E-state index >= 15 is 0 Å². The Kier molecular flexibility index (Phi) is 4.77. The van der Waals surface area contributed by atoms with Crippen LogP contribution in [-0.2, 0) is 0 Å². The summed E-state index contributed by atoms with van der Waals surface area (Å²) in [5.41, 5.74) is 2.38. The van der Waals surface area contributed by atoms with Crippen LogP contribution in [0.25, 0.3) is 5.69 Å². The van der Waals surface area contributed by atoms with Crippen LogP contribution in [-0.4, -0.2) is 9.78 Å². The average molecular weight is 216 g/mol. The van der Waals surface area contributed by atoms with E-state index in [-0.39, 0.29) is 0 Å². The number of para-hydroxylation sites is 1. The largest absolute Gasteiger partial charge is 0.241 e. The summed E-state index contributed by atoms with van der Waals surface area (Å²) < 4.78 is 1.91. The maximum Gasteiger partial charge on any atom is 0.0645 e. The van der Waals surface area contributed by atoms with Crippen molar-refractivity contribution in [2.45, 2.75) is 33.6 Å². The molecule has 0 amide bonds. The lowest BCUT2D eigenvalue weighted by Gasteiger charge is -2.00. The van der Waals surface area contributed by atoms with Crippen LogP contribution < -0.4 is 0 Å². The summed E-state index contributed by atoms with van der Waals surface area (Å²) in [6, 6.07) is 10.2. The normalized spacial score (nSPS) is 9.81. The predicted molar refractivity (Wildman–Crippen MR) is 69.0 cm³/mol. The molecule has 1 aromatic carbocycles. The van der Waals surface area contributed by atoms with Gasteiger partial charge in [-0.3, -0.25) is 0 Å². The fourth-order valence-corrected chi connectivity index (χ4v) is 1.36. The van der Waals surface area contributed by atoms with Gasteiger partial charge in [-0.2, -0.15) is 5.10 Å². The molecule has 1 aromatic heterocycles. The Bertz CT molecular complexity index is 402. The summed E-state index contributed by atoms with van der Waals surface area (Å²) in [5.74, 6) is 0.535. The van der Waals surface area contributed by atoms with Crippen molar-refractivity contribution in [3.05, 3.63) is 48.3 Å². The number of aromatic nitrogens is 2. The number of benzene rings is 1. The minimum Gasteiger partial charge on any atom is -0.241 e. The van der Waals surface area contributed by atoms with E-state index in [4.69, 9.17) is 0 Å². The molecule has 0 radical (unpaired) electrons. The van der Waals surface area contributed by atoms with Gasteiger partial charge in [-0.05, 0) is 23.6 Å². The van der Waals surface area contributed by atoms with Gasteiger partial charge in [0.05, 0.1) is 11.9 Å². The minimum atomic E-state index is 0.535. The highest BCUT2D eigenvalue weighted by Gasteiger charge is 2.03. The molecule has 0 aliphatic carbocycles. The van der Waals surface area contributed by atoms with Crippen LogP contribution in [0.2, 0.25) is 0 Å². The Labute approximate surface area is 97.9 Å². The summed E-state index contributed by atoms with van der Waals surface area (Å²) >= 11 is 0. The van der Waals surface area contributed by atoms with Crippen molar-refractivity contribution in [1.82, 2.24) is 9.78 Å². The van der Waals surface area contributed by atoms with Gasteiger partial charge in [0.15, 0.2) is 0 Å². The van der Waals surface area contributed by atoms with Gasteiger partial charge >= 0.3 is 0 Å². The highest BCUT2D eigenvalue weighted by molar-refractivity contribution is 5.31. The lowest BCUT2D eigenvalue weighted by molar-refractivity contribution is 0.858. The predicted octanol–water partition coefficient (Wildman–Crippen LogP) is 4.02. The van der Waals surface area contributed by atoms with Crippen LogP contribution in [0.4, 0.5) is 0 Å². The minimum absolute atomic E-state index is 0.535. The summed E-state index contributed by atoms with van der Waals surface area (Å²) in [4.78, 5) is 0. The van der Waals surface area contributed by atoms with Crippen LogP contribution in [0.5, 0.6) is 0 Å². The molecular weight excluding hydrogens is 196 g/mol. The van der Waals surface area contributed by atoms with Crippen LogP contribution in [0.3, 0.4) is 0 Å². The highest BCUT2D eigenvalue weighted by atomic mass is 15.3. The van der Waals surface area contributed by atoms with E-state index in [9.17, 15) is 0 Å². The second kappa shape index (κ2) is 6.11. The molecule has 0 saturated heterocycles. The van der Waals surface area contributed by atoms with Gasteiger partial charge in [-0.1, -0.05) is 45.9 Å². The molecule has 0 atom stereocenters. The Balaban J connectivity index is 0.000000606. The van der Waals surface area contributed by atoms with Gasteiger partial charge in [0.25, 0.3) is 0 Å². The van der Waals surface area contributed by atoms with Crippen LogP contribution >= 0.6 is 0 Å². The van der Waals surface area contributed by atoms with Gasteiger partial charge < -0.3 is 0 Å². The number of hydrogen-bond acceptors (Lipinski definition) is 1. The maximum absolute atomic E-state index is 4.32. The first-order chi connectivity index (χ1) is 7.77. The summed E-state index contributed by atoms with van der Waals surface area (Å²) in [5, 5.41) is 4.32. The number of rotatable bonds is 2. The standard InChI is InChI=1S/C12H14N2.C2H6/c1-10(2)11-8-13-14(9-11)12-6-4-3-5-7-12;1-2/h3-10H,1-2H3;1-2H3. The van der Waals surface area contributed by atoms with Gasteiger partial charge in [-0.15, -0.1) is 0 Å². The van der Waals surface area contributed by atoms with E-state index in [1.54, 1.807) is 0 Å². The van der Waals surface area contributed by atoms with Gasteiger partial charge in [0.1, 0.15) is 0 Å². The summed E-state index contributed by atoms with van der Waals surface area (Å²) in [7, 11) is 0.